The first kappa shape index (κ1) is 17.5. The van der Waals surface area contributed by atoms with Gasteiger partial charge in [-0.3, -0.25) is 9.59 Å². The first-order chi connectivity index (χ1) is 13.0. The predicted molar refractivity (Wildman–Crippen MR) is 95.5 cm³/mol. The molecule has 1 aromatic heterocycles. The molecule has 0 saturated carbocycles. The normalized spacial score (nSPS) is 29.1. The third-order valence-corrected chi connectivity index (χ3v) is 5.44. The van der Waals surface area contributed by atoms with Gasteiger partial charge in [0.05, 0.1) is 11.6 Å². The number of halogens is 1. The Morgan fingerprint density at radius 3 is 3.04 bits per heavy atom. The summed E-state index contributed by atoms with van der Waals surface area (Å²) in [6, 6.07) is -0.444. The van der Waals surface area contributed by atoms with Gasteiger partial charge in [0.1, 0.15) is 30.1 Å². The molecular weight excluding hydrogens is 351 g/mol. The summed E-state index contributed by atoms with van der Waals surface area (Å²) in [5.74, 6) is -0.350. The Morgan fingerprint density at radius 2 is 2.30 bits per heavy atom. The van der Waals surface area contributed by atoms with Gasteiger partial charge in [-0.25, -0.2) is 9.37 Å². The molecule has 3 heterocycles. The van der Waals surface area contributed by atoms with Crippen LogP contribution in [0.5, 0.6) is 0 Å². The van der Waals surface area contributed by atoms with Crippen molar-refractivity contribution in [3.8, 4) is 0 Å². The van der Waals surface area contributed by atoms with Crippen molar-refractivity contribution in [3.05, 3.63) is 48.0 Å². The molecule has 1 fully saturated rings. The van der Waals surface area contributed by atoms with Gasteiger partial charge in [-0.05, 0) is 12.0 Å². The molecule has 8 heteroatoms. The first-order valence-electron chi connectivity index (χ1n) is 9.03. The highest BCUT2D eigenvalue weighted by Crippen LogP contribution is 2.41. The summed E-state index contributed by atoms with van der Waals surface area (Å²) in [5, 5.41) is 2.92. The van der Waals surface area contributed by atoms with E-state index in [-0.39, 0.29) is 36.1 Å². The van der Waals surface area contributed by atoms with E-state index in [2.05, 4.69) is 10.3 Å². The first-order valence-corrected chi connectivity index (χ1v) is 9.03. The SMILES string of the molecule is CCC1CC(=O)NC1COC1=CC(F)=CC2C=C(C(N)=O)c3nccn3C12. The zero-order valence-electron chi connectivity index (χ0n) is 14.9. The quantitative estimate of drug-likeness (QED) is 0.820. The summed E-state index contributed by atoms with van der Waals surface area (Å²) < 4.78 is 22.0. The van der Waals surface area contributed by atoms with Crippen molar-refractivity contribution in [2.45, 2.75) is 31.8 Å². The Labute approximate surface area is 155 Å². The van der Waals surface area contributed by atoms with Gasteiger partial charge in [-0.2, -0.15) is 0 Å². The fourth-order valence-electron chi connectivity index (χ4n) is 4.08. The Hall–Kier alpha value is -2.90. The number of nitrogens with one attached hydrogen (secondary N) is 1. The number of ether oxygens (including phenoxy) is 1. The summed E-state index contributed by atoms with van der Waals surface area (Å²) in [6.45, 7) is 2.30. The van der Waals surface area contributed by atoms with Crippen molar-refractivity contribution in [3.63, 3.8) is 0 Å². The number of amides is 2. The van der Waals surface area contributed by atoms with Crippen LogP contribution in [0.3, 0.4) is 0 Å². The van der Waals surface area contributed by atoms with Crippen molar-refractivity contribution in [1.29, 1.82) is 0 Å². The number of aromatic nitrogens is 2. The van der Waals surface area contributed by atoms with Gasteiger partial charge in [0.15, 0.2) is 0 Å². The fraction of sp³-hybridized carbons (Fsp3) is 0.421. The number of nitrogens with two attached hydrogens (primary N) is 1. The molecule has 1 aromatic rings. The van der Waals surface area contributed by atoms with E-state index in [9.17, 15) is 14.0 Å². The van der Waals surface area contributed by atoms with E-state index in [1.54, 1.807) is 23.0 Å². The molecule has 27 heavy (non-hydrogen) atoms. The third kappa shape index (κ3) is 3.05. The lowest BCUT2D eigenvalue weighted by atomic mass is 9.87. The summed E-state index contributed by atoms with van der Waals surface area (Å²) >= 11 is 0. The van der Waals surface area contributed by atoms with Gasteiger partial charge in [0.25, 0.3) is 5.91 Å². The van der Waals surface area contributed by atoms with Crippen LogP contribution < -0.4 is 11.1 Å². The highest BCUT2D eigenvalue weighted by atomic mass is 19.1. The van der Waals surface area contributed by atoms with E-state index in [1.807, 2.05) is 6.92 Å². The minimum absolute atomic E-state index is 0.0145. The summed E-state index contributed by atoms with van der Waals surface area (Å²) in [4.78, 5) is 27.6. The molecule has 0 aromatic carbocycles. The Bertz CT molecular complexity index is 885. The minimum Gasteiger partial charge on any atom is -0.493 e. The van der Waals surface area contributed by atoms with Crippen LogP contribution in [0.25, 0.3) is 5.57 Å². The Morgan fingerprint density at radius 1 is 1.48 bits per heavy atom. The predicted octanol–water partition coefficient (Wildman–Crippen LogP) is 1.60. The maximum Gasteiger partial charge on any atom is 0.252 e. The molecule has 2 amide bonds. The van der Waals surface area contributed by atoms with E-state index in [0.29, 0.717) is 18.0 Å². The van der Waals surface area contributed by atoms with Gasteiger partial charge in [-0.1, -0.05) is 19.4 Å². The molecule has 7 nitrogen and oxygen atoms in total. The van der Waals surface area contributed by atoms with Crippen LogP contribution in [-0.4, -0.2) is 34.0 Å². The van der Waals surface area contributed by atoms with Crippen molar-refractivity contribution >= 4 is 17.4 Å². The van der Waals surface area contributed by atoms with Gasteiger partial charge >= 0.3 is 0 Å². The highest BCUT2D eigenvalue weighted by Gasteiger charge is 2.38. The van der Waals surface area contributed by atoms with Gasteiger partial charge in [-0.15, -0.1) is 0 Å². The minimum atomic E-state index is -0.605. The lowest BCUT2D eigenvalue weighted by Gasteiger charge is -2.34. The number of primary amides is 1. The number of carbonyl (C=O) groups is 2. The maximum atomic E-state index is 14.2. The molecule has 4 unspecified atom stereocenters. The van der Waals surface area contributed by atoms with E-state index < -0.39 is 17.7 Å². The number of hydrogen-bond acceptors (Lipinski definition) is 4. The molecule has 3 aliphatic rings. The largest absolute Gasteiger partial charge is 0.493 e. The molecular formula is C19H21FN4O3. The van der Waals surface area contributed by atoms with E-state index in [4.69, 9.17) is 10.5 Å². The van der Waals surface area contributed by atoms with Crippen LogP contribution in [0.1, 0.15) is 31.6 Å². The molecule has 142 valence electrons. The number of fused-ring (bicyclic) bond motifs is 3. The van der Waals surface area contributed by atoms with Crippen LogP contribution >= 0.6 is 0 Å². The Balaban J connectivity index is 1.60. The van der Waals surface area contributed by atoms with Crippen LogP contribution in [-0.2, 0) is 14.3 Å². The summed E-state index contributed by atoms with van der Waals surface area (Å²) in [6.07, 6.45) is 9.08. The van der Waals surface area contributed by atoms with Crippen molar-refractivity contribution in [2.24, 2.45) is 17.6 Å². The lowest BCUT2D eigenvalue weighted by molar-refractivity contribution is -0.119. The number of nitrogens with zero attached hydrogens (tertiary/aromatic N) is 2. The number of rotatable bonds is 5. The van der Waals surface area contributed by atoms with Crippen LogP contribution in [0.2, 0.25) is 0 Å². The number of hydrogen-bond donors (Lipinski definition) is 2. The second-order valence-corrected chi connectivity index (χ2v) is 7.08. The standard InChI is InChI=1S/C19H21FN4O3/c1-2-10-7-16(25)23-14(10)9-27-15-8-12(20)5-11-6-13(18(21)26)19-22-3-4-24(19)17(11)15/h3-6,8,10-11,14,17H,2,7,9H2,1H3,(H2,21,26)(H,23,25). The molecule has 4 atom stereocenters. The van der Waals surface area contributed by atoms with Gasteiger partial charge in [0.2, 0.25) is 5.91 Å². The van der Waals surface area contributed by atoms with Gasteiger partial charge in [0, 0.05) is 30.8 Å². The molecule has 0 spiro atoms. The average Bonchev–Trinajstić information content (AvgIpc) is 3.24. The molecule has 0 bridgehead atoms. The summed E-state index contributed by atoms with van der Waals surface area (Å²) in [7, 11) is 0. The number of allylic oxidation sites excluding steroid dienone is 5. The van der Waals surface area contributed by atoms with Crippen LogP contribution in [0.15, 0.2) is 42.2 Å². The molecule has 3 N–H and O–H groups in total. The Kier molecular flexibility index (Phi) is 4.33. The van der Waals surface area contributed by atoms with Crippen molar-refractivity contribution < 1.29 is 18.7 Å². The molecule has 1 aliphatic carbocycles. The van der Waals surface area contributed by atoms with E-state index in [0.717, 1.165) is 6.42 Å². The van der Waals surface area contributed by atoms with Crippen molar-refractivity contribution in [1.82, 2.24) is 14.9 Å². The molecule has 0 radical (unpaired) electrons. The number of imidazole rings is 1. The molecule has 1 saturated heterocycles. The zero-order chi connectivity index (χ0) is 19.1. The smallest absolute Gasteiger partial charge is 0.252 e. The second kappa shape index (κ2) is 6.68. The lowest BCUT2D eigenvalue weighted by Crippen LogP contribution is -2.35. The van der Waals surface area contributed by atoms with E-state index in [1.165, 1.54) is 12.2 Å². The highest BCUT2D eigenvalue weighted by molar-refractivity contribution is 6.18. The fourth-order valence-corrected chi connectivity index (χ4v) is 4.08. The number of carbonyl (C=O) groups excluding carboxylic acids is 2. The second-order valence-electron chi connectivity index (χ2n) is 7.08. The molecule has 4 rings (SSSR count). The van der Waals surface area contributed by atoms with E-state index >= 15 is 0 Å². The maximum absolute atomic E-state index is 14.2. The van der Waals surface area contributed by atoms with Crippen LogP contribution in [0, 0.1) is 11.8 Å². The zero-order valence-corrected chi connectivity index (χ0v) is 14.9. The molecule has 2 aliphatic heterocycles. The third-order valence-electron chi connectivity index (χ3n) is 5.44. The van der Waals surface area contributed by atoms with Gasteiger partial charge < -0.3 is 20.4 Å². The topological polar surface area (TPSA) is 99.2 Å². The van der Waals surface area contributed by atoms with Crippen molar-refractivity contribution in [2.75, 3.05) is 6.61 Å². The van der Waals surface area contributed by atoms with Crippen LogP contribution in [0.4, 0.5) is 4.39 Å². The average molecular weight is 372 g/mol. The monoisotopic (exact) mass is 372 g/mol. The summed E-state index contributed by atoms with van der Waals surface area (Å²) in [5.41, 5.74) is 5.72.